The van der Waals surface area contributed by atoms with Crippen molar-refractivity contribution in [2.75, 3.05) is 31.1 Å². The predicted molar refractivity (Wildman–Crippen MR) is 125 cm³/mol. The largest absolute Gasteiger partial charge is 0.508 e. The second-order valence-corrected chi connectivity index (χ2v) is 7.91. The minimum absolute atomic E-state index is 0.00981. The number of hydrogen-bond acceptors (Lipinski definition) is 5. The topological polar surface area (TPSA) is 74.5 Å². The van der Waals surface area contributed by atoms with Gasteiger partial charge in [-0.25, -0.2) is 9.67 Å². The maximum atomic E-state index is 13.6. The van der Waals surface area contributed by atoms with E-state index in [0.29, 0.717) is 25.2 Å². The molecule has 0 unspecified atom stereocenters. The number of phenolic OH excluding ortho intramolecular Hbond substituents is 1. The molecule has 1 saturated heterocycles. The van der Waals surface area contributed by atoms with Gasteiger partial charge in [0.1, 0.15) is 5.75 Å². The van der Waals surface area contributed by atoms with E-state index in [0.717, 1.165) is 41.1 Å². The molecule has 7 nitrogen and oxygen atoms in total. The van der Waals surface area contributed by atoms with E-state index in [9.17, 15) is 9.90 Å². The van der Waals surface area contributed by atoms with Gasteiger partial charge in [0, 0.05) is 44.0 Å². The number of fused-ring (bicyclic) bond motifs is 1. The molecule has 7 heteroatoms. The molecule has 5 rings (SSSR count). The lowest BCUT2D eigenvalue weighted by Gasteiger charge is -2.36. The molecular weight excluding hydrogens is 402 g/mol. The first kappa shape index (κ1) is 20.1. The number of piperazine rings is 1. The van der Waals surface area contributed by atoms with Crippen LogP contribution in [0.25, 0.3) is 22.3 Å². The standard InChI is InChI=1S/C25H25N5O2/c1-2-30-24-22(17-26-30)21(16-23(27-24)18-6-4-3-5-7-18)25(32)29-14-12-28(13-15-29)19-8-10-20(31)11-9-19/h3-11,16-17,31H,2,12-15H2,1H3. The molecule has 1 amide bonds. The van der Waals surface area contributed by atoms with Crippen molar-refractivity contribution in [2.24, 2.45) is 0 Å². The lowest BCUT2D eigenvalue weighted by atomic mass is 10.1. The third kappa shape index (κ3) is 3.66. The molecule has 32 heavy (non-hydrogen) atoms. The van der Waals surface area contributed by atoms with Crippen LogP contribution in [0.2, 0.25) is 0 Å². The van der Waals surface area contributed by atoms with Gasteiger partial charge in [-0.15, -0.1) is 0 Å². The Bertz CT molecular complexity index is 1240. The van der Waals surface area contributed by atoms with Gasteiger partial charge in [0.2, 0.25) is 0 Å². The molecule has 1 aliphatic heterocycles. The van der Waals surface area contributed by atoms with Crippen molar-refractivity contribution in [3.8, 4) is 17.0 Å². The Morgan fingerprint density at radius 3 is 2.41 bits per heavy atom. The molecule has 3 heterocycles. The molecule has 2 aromatic carbocycles. The van der Waals surface area contributed by atoms with Gasteiger partial charge in [-0.1, -0.05) is 30.3 Å². The Morgan fingerprint density at radius 1 is 1.00 bits per heavy atom. The summed E-state index contributed by atoms with van der Waals surface area (Å²) in [4.78, 5) is 22.6. The van der Waals surface area contributed by atoms with E-state index in [4.69, 9.17) is 4.98 Å². The number of carbonyl (C=O) groups excluding carboxylic acids is 1. The summed E-state index contributed by atoms with van der Waals surface area (Å²) in [6.45, 7) is 5.45. The molecule has 4 aromatic rings. The van der Waals surface area contributed by atoms with Gasteiger partial charge in [-0.05, 0) is 37.3 Å². The number of phenols is 1. The van der Waals surface area contributed by atoms with Crippen molar-refractivity contribution in [3.05, 3.63) is 72.4 Å². The number of carbonyl (C=O) groups is 1. The summed E-state index contributed by atoms with van der Waals surface area (Å²) in [5.41, 5.74) is 4.19. The van der Waals surface area contributed by atoms with Crippen LogP contribution in [0.1, 0.15) is 17.3 Å². The van der Waals surface area contributed by atoms with Gasteiger partial charge in [0.25, 0.3) is 5.91 Å². The number of benzene rings is 2. The van der Waals surface area contributed by atoms with Crippen LogP contribution in [-0.2, 0) is 6.54 Å². The molecule has 0 aliphatic carbocycles. The van der Waals surface area contributed by atoms with Crippen molar-refractivity contribution in [2.45, 2.75) is 13.5 Å². The number of aryl methyl sites for hydroxylation is 1. The summed E-state index contributed by atoms with van der Waals surface area (Å²) in [7, 11) is 0. The Kier molecular flexibility index (Phi) is 5.23. The van der Waals surface area contributed by atoms with E-state index in [1.807, 2.05) is 65.0 Å². The normalized spacial score (nSPS) is 14.2. The minimum atomic E-state index is 0.00981. The minimum Gasteiger partial charge on any atom is -0.508 e. The van der Waals surface area contributed by atoms with E-state index in [1.165, 1.54) is 0 Å². The van der Waals surface area contributed by atoms with E-state index in [2.05, 4.69) is 10.00 Å². The first-order valence-corrected chi connectivity index (χ1v) is 10.9. The highest BCUT2D eigenvalue weighted by Crippen LogP contribution is 2.27. The van der Waals surface area contributed by atoms with Gasteiger partial charge in [-0.3, -0.25) is 4.79 Å². The average Bonchev–Trinajstić information content (AvgIpc) is 3.27. The summed E-state index contributed by atoms with van der Waals surface area (Å²) in [5.74, 6) is 0.265. The summed E-state index contributed by atoms with van der Waals surface area (Å²) in [5, 5.41) is 14.8. The van der Waals surface area contributed by atoms with Crippen LogP contribution >= 0.6 is 0 Å². The van der Waals surface area contributed by atoms with Crippen molar-refractivity contribution >= 4 is 22.6 Å². The van der Waals surface area contributed by atoms with Crippen molar-refractivity contribution in [3.63, 3.8) is 0 Å². The molecular formula is C25H25N5O2. The Hall–Kier alpha value is -3.87. The Balaban J connectivity index is 1.44. The number of hydrogen-bond donors (Lipinski definition) is 1. The third-order valence-corrected chi connectivity index (χ3v) is 5.99. The fraction of sp³-hybridized carbons (Fsp3) is 0.240. The second-order valence-electron chi connectivity index (χ2n) is 7.91. The zero-order chi connectivity index (χ0) is 22.1. The van der Waals surface area contributed by atoms with Crippen molar-refractivity contribution < 1.29 is 9.90 Å². The van der Waals surface area contributed by atoms with Crippen LogP contribution in [0, 0.1) is 0 Å². The van der Waals surface area contributed by atoms with Crippen LogP contribution in [-0.4, -0.2) is 56.9 Å². The first-order valence-electron chi connectivity index (χ1n) is 10.9. The molecule has 1 aliphatic rings. The number of pyridine rings is 1. The quantitative estimate of drug-likeness (QED) is 0.536. The number of aromatic nitrogens is 3. The molecule has 0 atom stereocenters. The van der Waals surface area contributed by atoms with E-state index < -0.39 is 0 Å². The molecule has 0 radical (unpaired) electrons. The number of amides is 1. The fourth-order valence-corrected chi connectivity index (χ4v) is 4.21. The number of anilines is 1. The molecule has 2 aromatic heterocycles. The van der Waals surface area contributed by atoms with Crippen LogP contribution in [0.15, 0.2) is 66.9 Å². The van der Waals surface area contributed by atoms with Crippen LogP contribution in [0.3, 0.4) is 0 Å². The van der Waals surface area contributed by atoms with Crippen molar-refractivity contribution in [1.29, 1.82) is 0 Å². The number of aromatic hydroxyl groups is 1. The number of rotatable bonds is 4. The first-order chi connectivity index (χ1) is 15.6. The van der Waals surface area contributed by atoms with Gasteiger partial charge >= 0.3 is 0 Å². The molecule has 0 saturated carbocycles. The summed E-state index contributed by atoms with van der Waals surface area (Å²) in [6, 6.07) is 19.0. The Labute approximate surface area is 186 Å². The van der Waals surface area contributed by atoms with Gasteiger partial charge in [0.05, 0.1) is 22.8 Å². The lowest BCUT2D eigenvalue weighted by molar-refractivity contribution is 0.0748. The maximum Gasteiger partial charge on any atom is 0.254 e. The molecule has 162 valence electrons. The van der Waals surface area contributed by atoms with Gasteiger partial charge in [-0.2, -0.15) is 5.10 Å². The highest BCUT2D eigenvalue weighted by Gasteiger charge is 2.25. The zero-order valence-corrected chi connectivity index (χ0v) is 18.0. The Morgan fingerprint density at radius 2 is 1.72 bits per heavy atom. The predicted octanol–water partition coefficient (Wildman–Crippen LogP) is 3.79. The second kappa shape index (κ2) is 8.34. The zero-order valence-electron chi connectivity index (χ0n) is 18.0. The summed E-state index contributed by atoms with van der Waals surface area (Å²) < 4.78 is 1.83. The molecule has 1 fully saturated rings. The summed E-state index contributed by atoms with van der Waals surface area (Å²) >= 11 is 0. The lowest BCUT2D eigenvalue weighted by Crippen LogP contribution is -2.48. The van der Waals surface area contributed by atoms with Gasteiger partial charge < -0.3 is 14.9 Å². The SMILES string of the molecule is CCn1ncc2c(C(=O)N3CCN(c4ccc(O)cc4)CC3)cc(-c3ccccc3)nc21. The fourth-order valence-electron chi connectivity index (χ4n) is 4.21. The molecule has 1 N–H and O–H groups in total. The van der Waals surface area contributed by atoms with Gasteiger partial charge in [0.15, 0.2) is 5.65 Å². The summed E-state index contributed by atoms with van der Waals surface area (Å²) in [6.07, 6.45) is 1.75. The highest BCUT2D eigenvalue weighted by atomic mass is 16.3. The van der Waals surface area contributed by atoms with Crippen LogP contribution < -0.4 is 4.90 Å². The van der Waals surface area contributed by atoms with Crippen molar-refractivity contribution in [1.82, 2.24) is 19.7 Å². The molecule has 0 bridgehead atoms. The number of nitrogens with zero attached hydrogens (tertiary/aromatic N) is 5. The van der Waals surface area contributed by atoms with E-state index in [1.54, 1.807) is 18.3 Å². The van der Waals surface area contributed by atoms with E-state index in [-0.39, 0.29) is 11.7 Å². The monoisotopic (exact) mass is 427 g/mol. The third-order valence-electron chi connectivity index (χ3n) is 5.99. The maximum absolute atomic E-state index is 13.6. The van der Waals surface area contributed by atoms with Crippen LogP contribution in [0.4, 0.5) is 5.69 Å². The average molecular weight is 428 g/mol. The molecule has 0 spiro atoms. The smallest absolute Gasteiger partial charge is 0.254 e. The van der Waals surface area contributed by atoms with E-state index >= 15 is 0 Å². The highest BCUT2D eigenvalue weighted by molar-refractivity contribution is 6.06. The van der Waals surface area contributed by atoms with Crippen LogP contribution in [0.5, 0.6) is 5.75 Å².